The Kier molecular flexibility index (Phi) is 3.61. The minimum absolute atomic E-state index is 0.208. The van der Waals surface area contributed by atoms with Gasteiger partial charge in [-0.05, 0) is 33.7 Å². The van der Waals surface area contributed by atoms with E-state index in [-0.39, 0.29) is 12.1 Å². The Bertz CT molecular complexity index is 337. The topological polar surface area (TPSA) is 39.1 Å². The van der Waals surface area contributed by atoms with Crippen LogP contribution in [0.5, 0.6) is 0 Å². The zero-order valence-corrected chi connectivity index (χ0v) is 10.3. The standard InChI is InChI=1S/C12H21N3O/c1-4-15-8-7-14-12(15)11(13-3)10-6-5-9(2)16-10/h7-11,13H,4-6H2,1-3H3. The lowest BCUT2D eigenvalue weighted by molar-refractivity contribution is 0.0307. The lowest BCUT2D eigenvalue weighted by Gasteiger charge is -2.23. The molecule has 0 aromatic carbocycles. The maximum Gasteiger partial charge on any atom is 0.128 e. The summed E-state index contributed by atoms with van der Waals surface area (Å²) in [7, 11) is 1.98. The highest BCUT2D eigenvalue weighted by molar-refractivity contribution is 5.03. The summed E-state index contributed by atoms with van der Waals surface area (Å²) in [6.07, 6.45) is 6.79. The van der Waals surface area contributed by atoms with Crippen LogP contribution in [0.1, 0.15) is 38.6 Å². The maximum absolute atomic E-state index is 5.92. The third-order valence-corrected chi connectivity index (χ3v) is 3.31. The van der Waals surface area contributed by atoms with Gasteiger partial charge < -0.3 is 14.6 Å². The Morgan fingerprint density at radius 2 is 2.44 bits per heavy atom. The van der Waals surface area contributed by atoms with E-state index in [1.165, 1.54) is 0 Å². The molecule has 16 heavy (non-hydrogen) atoms. The van der Waals surface area contributed by atoms with E-state index >= 15 is 0 Å². The summed E-state index contributed by atoms with van der Waals surface area (Å²) in [5.74, 6) is 1.09. The number of rotatable bonds is 4. The first kappa shape index (κ1) is 11.6. The lowest BCUT2D eigenvalue weighted by Crippen LogP contribution is -2.32. The SMILES string of the molecule is CCn1ccnc1C(NC)C1CCC(C)O1. The van der Waals surface area contributed by atoms with Crippen molar-refractivity contribution in [3.8, 4) is 0 Å². The van der Waals surface area contributed by atoms with Gasteiger partial charge >= 0.3 is 0 Å². The summed E-state index contributed by atoms with van der Waals surface area (Å²) in [5, 5.41) is 3.33. The second-order valence-corrected chi connectivity index (χ2v) is 4.40. The molecule has 1 aliphatic rings. The van der Waals surface area contributed by atoms with Crippen molar-refractivity contribution >= 4 is 0 Å². The largest absolute Gasteiger partial charge is 0.373 e. The molecule has 1 N–H and O–H groups in total. The molecule has 0 saturated carbocycles. The fraction of sp³-hybridized carbons (Fsp3) is 0.750. The average molecular weight is 223 g/mol. The van der Waals surface area contributed by atoms with Crippen molar-refractivity contribution in [2.24, 2.45) is 0 Å². The number of hydrogen-bond donors (Lipinski definition) is 1. The lowest BCUT2D eigenvalue weighted by atomic mass is 10.1. The van der Waals surface area contributed by atoms with Gasteiger partial charge in [0, 0.05) is 18.9 Å². The van der Waals surface area contributed by atoms with Crippen molar-refractivity contribution < 1.29 is 4.74 Å². The van der Waals surface area contributed by atoms with Gasteiger partial charge in [0.05, 0.1) is 18.2 Å². The minimum Gasteiger partial charge on any atom is -0.373 e. The van der Waals surface area contributed by atoms with E-state index in [2.05, 4.69) is 28.7 Å². The molecular formula is C12H21N3O. The Morgan fingerprint density at radius 1 is 1.62 bits per heavy atom. The smallest absolute Gasteiger partial charge is 0.128 e. The van der Waals surface area contributed by atoms with Crippen molar-refractivity contribution in [3.63, 3.8) is 0 Å². The normalized spacial score (nSPS) is 27.2. The van der Waals surface area contributed by atoms with Gasteiger partial charge in [-0.15, -0.1) is 0 Å². The molecule has 0 spiro atoms. The molecule has 3 unspecified atom stereocenters. The second-order valence-electron chi connectivity index (χ2n) is 4.40. The molecule has 0 radical (unpaired) electrons. The molecule has 4 nitrogen and oxygen atoms in total. The van der Waals surface area contributed by atoms with Crippen molar-refractivity contribution in [1.29, 1.82) is 0 Å². The molecule has 90 valence electrons. The third kappa shape index (κ3) is 2.13. The summed E-state index contributed by atoms with van der Waals surface area (Å²) < 4.78 is 8.10. The van der Waals surface area contributed by atoms with Gasteiger partial charge in [-0.25, -0.2) is 4.98 Å². The molecule has 1 saturated heterocycles. The first-order valence-corrected chi connectivity index (χ1v) is 6.10. The van der Waals surface area contributed by atoms with Crippen LogP contribution in [0.4, 0.5) is 0 Å². The van der Waals surface area contributed by atoms with Gasteiger partial charge in [0.15, 0.2) is 0 Å². The van der Waals surface area contributed by atoms with Gasteiger partial charge in [0.1, 0.15) is 5.82 Å². The van der Waals surface area contributed by atoms with Crippen LogP contribution in [0, 0.1) is 0 Å². The van der Waals surface area contributed by atoms with Crippen LogP contribution in [-0.4, -0.2) is 28.8 Å². The highest BCUT2D eigenvalue weighted by atomic mass is 16.5. The summed E-state index contributed by atoms with van der Waals surface area (Å²) in [6.45, 7) is 5.23. The number of hydrogen-bond acceptors (Lipinski definition) is 3. The molecule has 4 heteroatoms. The number of ether oxygens (including phenoxy) is 1. The molecule has 2 heterocycles. The zero-order chi connectivity index (χ0) is 11.5. The van der Waals surface area contributed by atoms with Gasteiger partial charge in [0.2, 0.25) is 0 Å². The number of likely N-dealkylation sites (N-methyl/N-ethyl adjacent to an activating group) is 1. The first-order chi connectivity index (χ1) is 7.76. The van der Waals surface area contributed by atoms with Crippen molar-refractivity contribution in [3.05, 3.63) is 18.2 Å². The maximum atomic E-state index is 5.92. The second kappa shape index (κ2) is 4.97. The first-order valence-electron chi connectivity index (χ1n) is 6.10. The average Bonchev–Trinajstić information content (AvgIpc) is 2.89. The monoisotopic (exact) mass is 223 g/mol. The highest BCUT2D eigenvalue weighted by Gasteiger charge is 2.31. The number of nitrogens with one attached hydrogen (secondary N) is 1. The number of nitrogens with zero attached hydrogens (tertiary/aromatic N) is 2. The quantitative estimate of drug-likeness (QED) is 0.845. The van der Waals surface area contributed by atoms with Crippen molar-refractivity contribution in [1.82, 2.24) is 14.9 Å². The number of aryl methyl sites for hydroxylation is 1. The van der Waals surface area contributed by atoms with Gasteiger partial charge in [-0.2, -0.15) is 0 Å². The number of aromatic nitrogens is 2. The summed E-state index contributed by atoms with van der Waals surface area (Å²) in [6, 6.07) is 0.208. The highest BCUT2D eigenvalue weighted by Crippen LogP contribution is 2.29. The summed E-state index contributed by atoms with van der Waals surface area (Å²) in [4.78, 5) is 4.45. The Morgan fingerprint density at radius 3 is 3.00 bits per heavy atom. The van der Waals surface area contributed by atoms with Crippen LogP contribution < -0.4 is 5.32 Å². The zero-order valence-electron chi connectivity index (χ0n) is 10.3. The Hall–Kier alpha value is -0.870. The molecule has 0 amide bonds. The molecule has 1 aliphatic heterocycles. The van der Waals surface area contributed by atoms with Gasteiger partial charge in [-0.1, -0.05) is 0 Å². The van der Waals surface area contributed by atoms with E-state index in [1.807, 2.05) is 19.4 Å². The van der Waals surface area contributed by atoms with E-state index in [1.54, 1.807) is 0 Å². The van der Waals surface area contributed by atoms with E-state index < -0.39 is 0 Å². The van der Waals surface area contributed by atoms with Crippen LogP contribution in [0.2, 0.25) is 0 Å². The van der Waals surface area contributed by atoms with Crippen LogP contribution in [0.15, 0.2) is 12.4 Å². The predicted octanol–water partition coefficient (Wildman–Crippen LogP) is 1.73. The van der Waals surface area contributed by atoms with E-state index in [0.29, 0.717) is 6.10 Å². The minimum atomic E-state index is 0.208. The van der Waals surface area contributed by atoms with E-state index in [4.69, 9.17) is 4.74 Å². The summed E-state index contributed by atoms with van der Waals surface area (Å²) in [5.41, 5.74) is 0. The van der Waals surface area contributed by atoms with Crippen LogP contribution in [-0.2, 0) is 11.3 Å². The molecular weight excluding hydrogens is 202 g/mol. The molecule has 3 atom stereocenters. The Balaban J connectivity index is 2.16. The van der Waals surface area contributed by atoms with E-state index in [9.17, 15) is 0 Å². The Labute approximate surface area is 97.0 Å². The predicted molar refractivity (Wildman–Crippen MR) is 63.3 cm³/mol. The molecule has 0 aliphatic carbocycles. The molecule has 1 fully saturated rings. The van der Waals surface area contributed by atoms with E-state index in [0.717, 1.165) is 25.2 Å². The number of imidazole rings is 1. The van der Waals surface area contributed by atoms with Crippen molar-refractivity contribution in [2.75, 3.05) is 7.05 Å². The van der Waals surface area contributed by atoms with Gasteiger partial charge in [0.25, 0.3) is 0 Å². The van der Waals surface area contributed by atoms with Crippen molar-refractivity contribution in [2.45, 2.75) is 51.5 Å². The molecule has 1 aromatic rings. The fourth-order valence-corrected chi connectivity index (χ4v) is 2.43. The summed E-state index contributed by atoms with van der Waals surface area (Å²) >= 11 is 0. The molecule has 2 rings (SSSR count). The van der Waals surface area contributed by atoms with Crippen LogP contribution >= 0.6 is 0 Å². The fourth-order valence-electron chi connectivity index (χ4n) is 2.43. The van der Waals surface area contributed by atoms with Crippen LogP contribution in [0.25, 0.3) is 0 Å². The molecule has 0 bridgehead atoms. The van der Waals surface area contributed by atoms with Gasteiger partial charge in [-0.3, -0.25) is 0 Å². The molecule has 1 aromatic heterocycles. The third-order valence-electron chi connectivity index (χ3n) is 3.31. The van der Waals surface area contributed by atoms with Crippen LogP contribution in [0.3, 0.4) is 0 Å².